The average Bonchev–Trinajstić information content (AvgIpc) is 3.34. The van der Waals surface area contributed by atoms with Crippen LogP contribution >= 0.6 is 0 Å². The summed E-state index contributed by atoms with van der Waals surface area (Å²) in [6.07, 6.45) is 6.51. The van der Waals surface area contributed by atoms with Gasteiger partial charge < -0.3 is 19.9 Å². The SMILES string of the molecule is O=C(NCCc1ccccc1)C1CCN(C2CCN(C(=O)[C@@H]3CCCO3)CC2)CC1. The minimum atomic E-state index is -0.197. The third kappa shape index (κ3) is 5.41. The lowest BCUT2D eigenvalue weighted by molar-refractivity contribution is -0.142. The number of amides is 2. The van der Waals surface area contributed by atoms with E-state index in [2.05, 4.69) is 22.3 Å². The summed E-state index contributed by atoms with van der Waals surface area (Å²) in [5, 5.41) is 3.13. The van der Waals surface area contributed by atoms with Gasteiger partial charge in [-0.1, -0.05) is 30.3 Å². The van der Waals surface area contributed by atoms with Gasteiger partial charge in [-0.25, -0.2) is 0 Å². The zero-order valence-corrected chi connectivity index (χ0v) is 17.9. The largest absolute Gasteiger partial charge is 0.368 e. The van der Waals surface area contributed by atoms with Crippen LogP contribution in [0, 0.1) is 5.92 Å². The highest BCUT2D eigenvalue weighted by Crippen LogP contribution is 2.25. The number of piperidine rings is 2. The van der Waals surface area contributed by atoms with Crippen LogP contribution in [0.4, 0.5) is 0 Å². The molecule has 164 valence electrons. The second-order valence-corrected chi connectivity index (χ2v) is 8.89. The van der Waals surface area contributed by atoms with E-state index in [0.29, 0.717) is 12.6 Å². The van der Waals surface area contributed by atoms with Gasteiger partial charge in [-0.05, 0) is 63.6 Å². The van der Waals surface area contributed by atoms with E-state index in [-0.39, 0.29) is 23.8 Å². The summed E-state index contributed by atoms with van der Waals surface area (Å²) in [5.41, 5.74) is 1.26. The number of nitrogens with one attached hydrogen (secondary N) is 1. The Labute approximate surface area is 179 Å². The molecule has 6 heteroatoms. The van der Waals surface area contributed by atoms with Crippen molar-refractivity contribution in [3.63, 3.8) is 0 Å². The minimum absolute atomic E-state index is 0.137. The maximum atomic E-state index is 12.5. The molecule has 1 atom stereocenters. The molecular formula is C24H35N3O3. The van der Waals surface area contributed by atoms with Crippen LogP contribution in [0.15, 0.2) is 30.3 Å². The van der Waals surface area contributed by atoms with Gasteiger partial charge in [0.25, 0.3) is 5.91 Å². The average molecular weight is 414 g/mol. The van der Waals surface area contributed by atoms with Gasteiger partial charge in [-0.3, -0.25) is 9.59 Å². The first-order chi connectivity index (χ1) is 14.7. The van der Waals surface area contributed by atoms with Crippen LogP contribution in [0.1, 0.15) is 44.1 Å². The van der Waals surface area contributed by atoms with Gasteiger partial charge in [0.15, 0.2) is 0 Å². The number of nitrogens with zero attached hydrogens (tertiary/aromatic N) is 2. The Bertz CT molecular complexity index is 689. The molecule has 2 amide bonds. The van der Waals surface area contributed by atoms with Crippen molar-refractivity contribution in [1.82, 2.24) is 15.1 Å². The molecule has 3 aliphatic heterocycles. The number of rotatable bonds is 6. The molecule has 1 N–H and O–H groups in total. The molecule has 1 aromatic rings. The number of hydrogen-bond acceptors (Lipinski definition) is 4. The molecule has 0 spiro atoms. The first kappa shape index (κ1) is 21.3. The number of benzene rings is 1. The van der Waals surface area contributed by atoms with Gasteiger partial charge in [0.05, 0.1) is 0 Å². The first-order valence-corrected chi connectivity index (χ1v) is 11.7. The predicted octanol–water partition coefficient (Wildman–Crippen LogP) is 2.23. The Balaban J connectivity index is 1.14. The highest BCUT2D eigenvalue weighted by atomic mass is 16.5. The Morgan fingerprint density at radius 1 is 0.967 bits per heavy atom. The second-order valence-electron chi connectivity index (χ2n) is 8.89. The van der Waals surface area contributed by atoms with Gasteiger partial charge in [0.2, 0.25) is 5.91 Å². The molecule has 0 aliphatic carbocycles. The molecule has 0 bridgehead atoms. The molecule has 0 saturated carbocycles. The lowest BCUT2D eigenvalue weighted by atomic mass is 9.92. The summed E-state index contributed by atoms with van der Waals surface area (Å²) in [4.78, 5) is 29.6. The summed E-state index contributed by atoms with van der Waals surface area (Å²) in [6, 6.07) is 10.8. The van der Waals surface area contributed by atoms with Crippen molar-refractivity contribution >= 4 is 11.8 Å². The fourth-order valence-corrected chi connectivity index (χ4v) is 5.07. The molecule has 3 heterocycles. The van der Waals surface area contributed by atoms with Gasteiger partial charge >= 0.3 is 0 Å². The summed E-state index contributed by atoms with van der Waals surface area (Å²) in [7, 11) is 0. The van der Waals surface area contributed by atoms with Gasteiger partial charge in [-0.15, -0.1) is 0 Å². The lowest BCUT2D eigenvalue weighted by Crippen LogP contribution is -2.51. The van der Waals surface area contributed by atoms with Crippen LogP contribution in [-0.2, 0) is 20.7 Å². The van der Waals surface area contributed by atoms with Crippen LogP contribution in [0.25, 0.3) is 0 Å². The van der Waals surface area contributed by atoms with Crippen LogP contribution < -0.4 is 5.32 Å². The maximum Gasteiger partial charge on any atom is 0.251 e. The third-order valence-electron chi connectivity index (χ3n) is 6.95. The van der Waals surface area contributed by atoms with Crippen molar-refractivity contribution in [2.24, 2.45) is 5.92 Å². The van der Waals surface area contributed by atoms with E-state index in [1.165, 1.54) is 5.56 Å². The zero-order valence-electron chi connectivity index (χ0n) is 17.9. The molecule has 30 heavy (non-hydrogen) atoms. The van der Waals surface area contributed by atoms with Crippen molar-refractivity contribution in [1.29, 1.82) is 0 Å². The standard InChI is InChI=1S/C24H35N3O3/c28-23(25-13-8-19-5-2-1-3-6-19)20-9-14-26(15-10-20)21-11-16-27(17-12-21)24(29)22-7-4-18-30-22/h1-3,5-6,20-22H,4,7-18H2,(H,25,28)/t22-/m0/s1. The van der Waals surface area contributed by atoms with Gasteiger partial charge in [0.1, 0.15) is 6.10 Å². The second kappa shape index (κ2) is 10.4. The van der Waals surface area contributed by atoms with Crippen molar-refractivity contribution < 1.29 is 14.3 Å². The summed E-state index contributed by atoms with van der Waals surface area (Å²) in [6.45, 7) is 5.08. The normalized spacial score (nSPS) is 24.1. The van der Waals surface area contributed by atoms with E-state index in [1.807, 2.05) is 23.1 Å². The van der Waals surface area contributed by atoms with Crippen molar-refractivity contribution in [3.8, 4) is 0 Å². The monoisotopic (exact) mass is 413 g/mol. The summed E-state index contributed by atoms with van der Waals surface area (Å²) in [5.74, 6) is 0.539. The maximum absolute atomic E-state index is 12.5. The van der Waals surface area contributed by atoms with E-state index in [1.54, 1.807) is 0 Å². The highest BCUT2D eigenvalue weighted by Gasteiger charge is 2.34. The molecule has 3 saturated heterocycles. The van der Waals surface area contributed by atoms with E-state index < -0.39 is 0 Å². The first-order valence-electron chi connectivity index (χ1n) is 11.7. The van der Waals surface area contributed by atoms with E-state index in [9.17, 15) is 9.59 Å². The Kier molecular flexibility index (Phi) is 7.39. The Morgan fingerprint density at radius 2 is 1.70 bits per heavy atom. The number of ether oxygens (including phenoxy) is 1. The van der Waals surface area contributed by atoms with Crippen LogP contribution in [0.2, 0.25) is 0 Å². The summed E-state index contributed by atoms with van der Waals surface area (Å²) >= 11 is 0. The van der Waals surface area contributed by atoms with E-state index >= 15 is 0 Å². The number of likely N-dealkylation sites (tertiary alicyclic amines) is 2. The minimum Gasteiger partial charge on any atom is -0.368 e. The molecule has 1 aromatic carbocycles. The molecule has 0 aromatic heterocycles. The topological polar surface area (TPSA) is 61.9 Å². The lowest BCUT2D eigenvalue weighted by Gasteiger charge is -2.41. The highest BCUT2D eigenvalue weighted by molar-refractivity contribution is 5.81. The van der Waals surface area contributed by atoms with Crippen LogP contribution in [0.5, 0.6) is 0 Å². The molecular weight excluding hydrogens is 378 g/mol. The number of hydrogen-bond donors (Lipinski definition) is 1. The zero-order chi connectivity index (χ0) is 20.8. The molecule has 4 rings (SSSR count). The third-order valence-corrected chi connectivity index (χ3v) is 6.95. The Morgan fingerprint density at radius 3 is 2.37 bits per heavy atom. The fourth-order valence-electron chi connectivity index (χ4n) is 5.07. The molecule has 0 radical (unpaired) electrons. The number of carbonyl (C=O) groups is 2. The van der Waals surface area contributed by atoms with Gasteiger partial charge in [-0.2, -0.15) is 0 Å². The fraction of sp³-hybridized carbons (Fsp3) is 0.667. The molecule has 6 nitrogen and oxygen atoms in total. The van der Waals surface area contributed by atoms with Crippen molar-refractivity contribution in [2.45, 2.75) is 57.1 Å². The predicted molar refractivity (Wildman–Crippen MR) is 116 cm³/mol. The Hall–Kier alpha value is -1.92. The van der Waals surface area contributed by atoms with Crippen LogP contribution in [-0.4, -0.2) is 73.1 Å². The quantitative estimate of drug-likeness (QED) is 0.777. The smallest absolute Gasteiger partial charge is 0.251 e. The molecule has 3 aliphatic rings. The van der Waals surface area contributed by atoms with Crippen molar-refractivity contribution in [3.05, 3.63) is 35.9 Å². The van der Waals surface area contributed by atoms with Gasteiger partial charge in [0, 0.05) is 38.2 Å². The van der Waals surface area contributed by atoms with Crippen molar-refractivity contribution in [2.75, 3.05) is 39.3 Å². The van der Waals surface area contributed by atoms with Crippen LogP contribution in [0.3, 0.4) is 0 Å². The van der Waals surface area contributed by atoms with E-state index in [4.69, 9.17) is 4.74 Å². The van der Waals surface area contributed by atoms with E-state index in [0.717, 1.165) is 77.7 Å². The molecule has 0 unspecified atom stereocenters. The summed E-state index contributed by atoms with van der Waals surface area (Å²) < 4.78 is 5.56. The number of carbonyl (C=O) groups excluding carboxylic acids is 2. The molecule has 3 fully saturated rings.